The Morgan fingerprint density at radius 2 is 1.50 bits per heavy atom. The highest BCUT2D eigenvalue weighted by Crippen LogP contribution is 2.24. The number of nitrogens with zero attached hydrogens (tertiary/aromatic N) is 4. The first kappa shape index (κ1) is 18.0. The largest absolute Gasteiger partial charge is 0.368 e. The Kier molecular flexibility index (Phi) is 5.52. The van der Waals surface area contributed by atoms with Crippen LogP contribution < -0.4 is 15.1 Å². The quantitative estimate of drug-likeness (QED) is 0.662. The van der Waals surface area contributed by atoms with E-state index in [1.54, 1.807) is 0 Å². The third-order valence-corrected chi connectivity index (χ3v) is 4.90. The smallest absolute Gasteiger partial charge is 0.163 e. The van der Waals surface area contributed by atoms with Crippen LogP contribution >= 0.6 is 0 Å². The monoisotopic (exact) mass is 371 g/mol. The lowest BCUT2D eigenvalue weighted by Gasteiger charge is -2.37. The highest BCUT2D eigenvalue weighted by Gasteiger charge is 2.20. The second-order valence-corrected chi connectivity index (χ2v) is 6.78. The molecule has 2 heterocycles. The number of para-hydroxylation sites is 1. The van der Waals surface area contributed by atoms with Crippen LogP contribution in [0.5, 0.6) is 0 Å². The van der Waals surface area contributed by atoms with Gasteiger partial charge in [-0.25, -0.2) is 9.97 Å². The van der Waals surface area contributed by atoms with Crippen LogP contribution in [-0.4, -0.2) is 42.7 Å². The van der Waals surface area contributed by atoms with Crippen LogP contribution in [0.15, 0.2) is 79.4 Å². The van der Waals surface area contributed by atoms with Gasteiger partial charge in [0.15, 0.2) is 5.82 Å². The Bertz CT molecular complexity index is 903. The zero-order chi connectivity index (χ0) is 19.2. The van der Waals surface area contributed by atoms with Gasteiger partial charge in [-0.1, -0.05) is 54.6 Å². The van der Waals surface area contributed by atoms with E-state index in [2.05, 4.69) is 52.0 Å². The Hall–Kier alpha value is -3.34. The van der Waals surface area contributed by atoms with Crippen molar-refractivity contribution in [1.82, 2.24) is 9.97 Å². The lowest BCUT2D eigenvalue weighted by Crippen LogP contribution is -2.46. The van der Waals surface area contributed by atoms with Gasteiger partial charge in [0.2, 0.25) is 0 Å². The van der Waals surface area contributed by atoms with E-state index < -0.39 is 0 Å². The molecule has 1 N–H and O–H groups in total. The maximum absolute atomic E-state index is 4.86. The van der Waals surface area contributed by atoms with Gasteiger partial charge in [0.25, 0.3) is 0 Å². The molecule has 5 heteroatoms. The van der Waals surface area contributed by atoms with Crippen LogP contribution in [0.25, 0.3) is 11.4 Å². The van der Waals surface area contributed by atoms with Gasteiger partial charge < -0.3 is 15.1 Å². The molecule has 3 aromatic rings. The molecule has 0 atom stereocenters. The molecule has 0 radical (unpaired) electrons. The molecule has 4 rings (SSSR count). The van der Waals surface area contributed by atoms with Crippen LogP contribution in [0, 0.1) is 0 Å². The first-order valence-corrected chi connectivity index (χ1v) is 9.68. The molecular weight excluding hydrogens is 346 g/mol. The predicted molar refractivity (Wildman–Crippen MR) is 117 cm³/mol. The average molecular weight is 371 g/mol. The van der Waals surface area contributed by atoms with Gasteiger partial charge in [0.05, 0.1) is 0 Å². The number of anilines is 3. The number of hydrogen-bond acceptors (Lipinski definition) is 5. The van der Waals surface area contributed by atoms with E-state index in [9.17, 15) is 0 Å². The summed E-state index contributed by atoms with van der Waals surface area (Å²) in [7, 11) is 0. The van der Waals surface area contributed by atoms with Gasteiger partial charge in [-0.15, -0.1) is 6.58 Å². The molecule has 142 valence electrons. The zero-order valence-electron chi connectivity index (χ0n) is 16.0. The summed E-state index contributed by atoms with van der Waals surface area (Å²) in [5.74, 6) is 2.54. The highest BCUT2D eigenvalue weighted by atomic mass is 15.3. The van der Waals surface area contributed by atoms with E-state index in [1.165, 1.54) is 5.69 Å². The van der Waals surface area contributed by atoms with E-state index in [4.69, 9.17) is 9.97 Å². The molecule has 0 aliphatic carbocycles. The van der Waals surface area contributed by atoms with Crippen LogP contribution in [0.1, 0.15) is 0 Å². The average Bonchev–Trinajstić information content (AvgIpc) is 2.79. The summed E-state index contributed by atoms with van der Waals surface area (Å²) in [6, 6.07) is 22.8. The molecule has 5 nitrogen and oxygen atoms in total. The maximum Gasteiger partial charge on any atom is 0.163 e. The van der Waals surface area contributed by atoms with E-state index in [-0.39, 0.29) is 0 Å². The van der Waals surface area contributed by atoms with Crippen molar-refractivity contribution in [2.45, 2.75) is 0 Å². The van der Waals surface area contributed by atoms with Crippen molar-refractivity contribution in [2.24, 2.45) is 0 Å². The number of benzene rings is 2. The third kappa shape index (κ3) is 4.14. The van der Waals surface area contributed by atoms with Gasteiger partial charge >= 0.3 is 0 Å². The van der Waals surface area contributed by atoms with E-state index >= 15 is 0 Å². The summed E-state index contributed by atoms with van der Waals surface area (Å²) in [6.45, 7) is 8.27. The molecule has 0 bridgehead atoms. The molecule has 1 aliphatic heterocycles. The highest BCUT2D eigenvalue weighted by molar-refractivity contribution is 5.62. The van der Waals surface area contributed by atoms with Crippen LogP contribution in [-0.2, 0) is 0 Å². The molecule has 0 amide bonds. The van der Waals surface area contributed by atoms with Crippen molar-refractivity contribution in [2.75, 3.05) is 47.8 Å². The summed E-state index contributed by atoms with van der Waals surface area (Å²) < 4.78 is 0. The molecule has 0 saturated carbocycles. The Labute approximate surface area is 166 Å². The summed E-state index contributed by atoms with van der Waals surface area (Å²) in [5, 5.41) is 3.31. The van der Waals surface area contributed by atoms with Crippen molar-refractivity contribution >= 4 is 17.3 Å². The topological polar surface area (TPSA) is 44.3 Å². The minimum atomic E-state index is 0.673. The molecule has 2 aromatic carbocycles. The summed E-state index contributed by atoms with van der Waals surface area (Å²) in [4.78, 5) is 14.3. The maximum atomic E-state index is 4.86. The second kappa shape index (κ2) is 8.57. The molecule has 1 aromatic heterocycles. The van der Waals surface area contributed by atoms with Crippen molar-refractivity contribution in [3.8, 4) is 11.4 Å². The number of piperazine rings is 1. The number of rotatable bonds is 6. The minimum absolute atomic E-state index is 0.673. The van der Waals surface area contributed by atoms with Crippen molar-refractivity contribution in [1.29, 1.82) is 0 Å². The molecule has 1 saturated heterocycles. The van der Waals surface area contributed by atoms with E-state index in [0.29, 0.717) is 6.54 Å². The summed E-state index contributed by atoms with van der Waals surface area (Å²) in [6.07, 6.45) is 1.84. The Morgan fingerprint density at radius 3 is 2.18 bits per heavy atom. The van der Waals surface area contributed by atoms with Crippen LogP contribution in [0.4, 0.5) is 17.3 Å². The summed E-state index contributed by atoms with van der Waals surface area (Å²) >= 11 is 0. The lowest BCUT2D eigenvalue weighted by molar-refractivity contribution is 0.647. The van der Waals surface area contributed by atoms with Crippen LogP contribution in [0.2, 0.25) is 0 Å². The SMILES string of the molecule is C=CCNc1cc(N2CCN(c3ccccc3)CC2)nc(-c2ccccc2)n1. The number of hydrogen-bond donors (Lipinski definition) is 1. The zero-order valence-corrected chi connectivity index (χ0v) is 16.0. The normalized spacial score (nSPS) is 14.0. The molecule has 1 aliphatic rings. The van der Waals surface area contributed by atoms with Gasteiger partial charge in [0.1, 0.15) is 11.6 Å². The Balaban J connectivity index is 1.56. The van der Waals surface area contributed by atoms with E-state index in [1.807, 2.05) is 42.5 Å². The molecule has 0 spiro atoms. The first-order chi connectivity index (χ1) is 13.8. The third-order valence-electron chi connectivity index (χ3n) is 4.90. The molecule has 0 unspecified atom stereocenters. The predicted octanol–water partition coefficient (Wildman–Crippen LogP) is 4.07. The van der Waals surface area contributed by atoms with Gasteiger partial charge in [-0.05, 0) is 12.1 Å². The fourth-order valence-corrected chi connectivity index (χ4v) is 3.41. The van der Waals surface area contributed by atoms with Crippen molar-refractivity contribution < 1.29 is 0 Å². The lowest BCUT2D eigenvalue weighted by atomic mass is 10.2. The minimum Gasteiger partial charge on any atom is -0.368 e. The summed E-state index contributed by atoms with van der Waals surface area (Å²) in [5.41, 5.74) is 2.30. The van der Waals surface area contributed by atoms with Gasteiger partial charge in [-0.3, -0.25) is 0 Å². The fourth-order valence-electron chi connectivity index (χ4n) is 3.41. The molecular formula is C23H25N5. The van der Waals surface area contributed by atoms with E-state index in [0.717, 1.165) is 49.2 Å². The van der Waals surface area contributed by atoms with Gasteiger partial charge in [-0.2, -0.15) is 0 Å². The first-order valence-electron chi connectivity index (χ1n) is 9.68. The molecule has 28 heavy (non-hydrogen) atoms. The van der Waals surface area contributed by atoms with Crippen LogP contribution in [0.3, 0.4) is 0 Å². The standard InChI is InChI=1S/C23H25N5/c1-2-13-24-21-18-22(26-23(25-21)19-9-5-3-6-10-19)28-16-14-27(15-17-28)20-11-7-4-8-12-20/h2-12,18H,1,13-17H2,(H,24,25,26). The van der Waals surface area contributed by atoms with Crippen molar-refractivity contribution in [3.05, 3.63) is 79.4 Å². The van der Waals surface area contributed by atoms with Crippen molar-refractivity contribution in [3.63, 3.8) is 0 Å². The Morgan fingerprint density at radius 1 is 0.857 bits per heavy atom. The number of nitrogens with one attached hydrogen (secondary N) is 1. The fraction of sp³-hybridized carbons (Fsp3) is 0.217. The number of aromatic nitrogens is 2. The molecule has 1 fully saturated rings. The second-order valence-electron chi connectivity index (χ2n) is 6.78. The van der Waals surface area contributed by atoms with Gasteiger partial charge in [0, 0.05) is 50.0 Å².